The number of esters is 1. The number of halogens is 3. The molecule has 0 aliphatic rings. The second-order valence-electron chi connectivity index (χ2n) is 3.35. The summed E-state index contributed by atoms with van der Waals surface area (Å²) in [5.74, 6) is 4.25. The van der Waals surface area contributed by atoms with Crippen molar-refractivity contribution in [2.24, 2.45) is 0 Å². The molecule has 0 atom stereocenters. The van der Waals surface area contributed by atoms with Gasteiger partial charge in [-0.05, 0) is 18.2 Å². The number of benzene rings is 1. The van der Waals surface area contributed by atoms with Crippen LogP contribution in [0.1, 0.15) is 17.5 Å². The van der Waals surface area contributed by atoms with Crippen molar-refractivity contribution in [2.45, 2.75) is 12.6 Å². The highest BCUT2D eigenvalue weighted by atomic mass is 19.4. The fraction of sp³-hybridized carbons (Fsp3) is 0.250. The molecule has 0 aromatic heterocycles. The Hall–Kier alpha value is -2.16. The minimum Gasteiger partial charge on any atom is -0.468 e. The summed E-state index contributed by atoms with van der Waals surface area (Å²) in [5, 5.41) is 0. The number of nitrogens with two attached hydrogens (primary N) is 1. The maximum absolute atomic E-state index is 12.4. The molecule has 0 amide bonds. The molecule has 0 unspecified atom stereocenters. The van der Waals surface area contributed by atoms with Crippen molar-refractivity contribution in [3.05, 3.63) is 29.3 Å². The summed E-state index contributed by atoms with van der Waals surface area (Å²) in [5.41, 5.74) is 4.82. The third kappa shape index (κ3) is 3.70. The minimum absolute atomic E-state index is 0.0359. The molecule has 0 aliphatic heterocycles. The molecule has 1 aromatic rings. The van der Waals surface area contributed by atoms with Crippen LogP contribution in [-0.4, -0.2) is 13.1 Å². The number of alkyl halides is 3. The quantitative estimate of drug-likeness (QED) is 0.476. The van der Waals surface area contributed by atoms with Crippen LogP contribution >= 0.6 is 0 Å². The molecule has 0 heterocycles. The van der Waals surface area contributed by atoms with Gasteiger partial charge < -0.3 is 10.5 Å². The van der Waals surface area contributed by atoms with Crippen molar-refractivity contribution in [2.75, 3.05) is 12.8 Å². The van der Waals surface area contributed by atoms with Gasteiger partial charge in [-0.1, -0.05) is 11.8 Å². The molecule has 3 nitrogen and oxygen atoms in total. The lowest BCUT2D eigenvalue weighted by atomic mass is 10.1. The number of ether oxygens (including phenoxy) is 1. The Labute approximate surface area is 102 Å². The van der Waals surface area contributed by atoms with E-state index < -0.39 is 17.7 Å². The van der Waals surface area contributed by atoms with Gasteiger partial charge in [0.25, 0.3) is 0 Å². The van der Waals surface area contributed by atoms with Gasteiger partial charge in [-0.15, -0.1) is 0 Å². The molecule has 0 spiro atoms. The van der Waals surface area contributed by atoms with Crippen LogP contribution in [0.15, 0.2) is 18.2 Å². The summed E-state index contributed by atoms with van der Waals surface area (Å²) >= 11 is 0. The maximum Gasteiger partial charge on any atom is 0.416 e. The lowest BCUT2D eigenvalue weighted by molar-refractivity contribution is -0.139. The van der Waals surface area contributed by atoms with Gasteiger partial charge >= 0.3 is 12.1 Å². The topological polar surface area (TPSA) is 52.3 Å². The molecule has 96 valence electrons. The van der Waals surface area contributed by atoms with Gasteiger partial charge in [0.2, 0.25) is 0 Å². The Morgan fingerprint density at radius 1 is 1.44 bits per heavy atom. The molecule has 6 heteroatoms. The average molecular weight is 257 g/mol. The fourth-order valence-electron chi connectivity index (χ4n) is 1.12. The minimum atomic E-state index is -4.45. The van der Waals surface area contributed by atoms with Crippen molar-refractivity contribution >= 4 is 11.7 Å². The summed E-state index contributed by atoms with van der Waals surface area (Å²) in [7, 11) is 1.20. The van der Waals surface area contributed by atoms with E-state index >= 15 is 0 Å². The monoisotopic (exact) mass is 257 g/mol. The van der Waals surface area contributed by atoms with Gasteiger partial charge in [0.1, 0.15) is 6.42 Å². The first-order valence-electron chi connectivity index (χ1n) is 4.87. The average Bonchev–Trinajstić information content (AvgIpc) is 2.29. The maximum atomic E-state index is 12.4. The number of carbonyl (C=O) groups excluding carboxylic acids is 1. The smallest absolute Gasteiger partial charge is 0.416 e. The van der Waals surface area contributed by atoms with E-state index in [2.05, 4.69) is 16.6 Å². The summed E-state index contributed by atoms with van der Waals surface area (Å²) in [6.45, 7) is 0. The zero-order chi connectivity index (χ0) is 13.8. The summed E-state index contributed by atoms with van der Waals surface area (Å²) < 4.78 is 41.7. The molecule has 2 N–H and O–H groups in total. The zero-order valence-corrected chi connectivity index (χ0v) is 9.47. The molecule has 0 aliphatic carbocycles. The molecule has 0 fully saturated rings. The molecular formula is C12H10F3NO2. The van der Waals surface area contributed by atoms with Crippen molar-refractivity contribution in [3.63, 3.8) is 0 Å². The molecule has 18 heavy (non-hydrogen) atoms. The first kappa shape index (κ1) is 13.9. The van der Waals surface area contributed by atoms with Gasteiger partial charge in [0.15, 0.2) is 0 Å². The zero-order valence-electron chi connectivity index (χ0n) is 9.47. The lowest BCUT2D eigenvalue weighted by Crippen LogP contribution is -2.06. The number of rotatable bonds is 1. The van der Waals surface area contributed by atoms with Crippen LogP contribution < -0.4 is 5.73 Å². The number of anilines is 1. The van der Waals surface area contributed by atoms with E-state index in [0.717, 1.165) is 18.2 Å². The molecular weight excluding hydrogens is 247 g/mol. The third-order valence-corrected chi connectivity index (χ3v) is 2.06. The highest BCUT2D eigenvalue weighted by Crippen LogP contribution is 2.30. The second kappa shape index (κ2) is 5.45. The number of nitrogen functional groups attached to an aromatic ring is 1. The van der Waals surface area contributed by atoms with Crippen molar-refractivity contribution in [3.8, 4) is 11.8 Å². The van der Waals surface area contributed by atoms with Gasteiger partial charge in [0, 0.05) is 11.3 Å². The molecule has 0 radical (unpaired) electrons. The Kier molecular flexibility index (Phi) is 4.21. The Morgan fingerprint density at radius 3 is 2.67 bits per heavy atom. The number of hydrogen-bond donors (Lipinski definition) is 1. The molecule has 0 saturated carbocycles. The summed E-state index contributed by atoms with van der Waals surface area (Å²) in [6.07, 6.45) is -4.65. The van der Waals surface area contributed by atoms with E-state index in [4.69, 9.17) is 5.73 Å². The van der Waals surface area contributed by atoms with Crippen LogP contribution in [0.3, 0.4) is 0 Å². The summed E-state index contributed by atoms with van der Waals surface area (Å²) in [6, 6.07) is 2.85. The first-order valence-corrected chi connectivity index (χ1v) is 4.87. The van der Waals surface area contributed by atoms with Crippen molar-refractivity contribution < 1.29 is 22.7 Å². The SMILES string of the molecule is COC(=O)CC#Cc1cc(C(F)(F)F)ccc1N. The number of methoxy groups -OCH3 is 1. The fourth-order valence-corrected chi connectivity index (χ4v) is 1.12. The standard InChI is InChI=1S/C12H10F3NO2/c1-18-11(17)4-2-3-8-7-9(12(13,14)15)5-6-10(8)16/h5-7H,4,16H2,1H3. The van der Waals surface area contributed by atoms with Gasteiger partial charge in [-0.2, -0.15) is 13.2 Å². The normalized spacial score (nSPS) is 10.4. The molecule has 0 saturated heterocycles. The van der Waals surface area contributed by atoms with Crippen LogP contribution in [0.25, 0.3) is 0 Å². The van der Waals surface area contributed by atoms with E-state index in [1.165, 1.54) is 7.11 Å². The second-order valence-corrected chi connectivity index (χ2v) is 3.35. The van der Waals surface area contributed by atoms with E-state index in [1.54, 1.807) is 0 Å². The van der Waals surface area contributed by atoms with Crippen molar-refractivity contribution in [1.82, 2.24) is 0 Å². The van der Waals surface area contributed by atoms with Crippen LogP contribution in [0.4, 0.5) is 18.9 Å². The van der Waals surface area contributed by atoms with Gasteiger partial charge in [-0.3, -0.25) is 4.79 Å². The predicted octanol–water partition coefficient (Wildman–Crippen LogP) is 2.20. The van der Waals surface area contributed by atoms with E-state index in [9.17, 15) is 18.0 Å². The van der Waals surface area contributed by atoms with Crippen LogP contribution in [0.2, 0.25) is 0 Å². The first-order chi connectivity index (χ1) is 8.34. The Balaban J connectivity index is 2.98. The van der Waals surface area contributed by atoms with E-state index in [-0.39, 0.29) is 17.7 Å². The van der Waals surface area contributed by atoms with E-state index in [1.807, 2.05) is 0 Å². The summed E-state index contributed by atoms with van der Waals surface area (Å²) in [4.78, 5) is 10.8. The molecule has 0 bridgehead atoms. The van der Waals surface area contributed by atoms with Crippen LogP contribution in [-0.2, 0) is 15.7 Å². The Bertz CT molecular complexity index is 512. The van der Waals surface area contributed by atoms with Crippen LogP contribution in [0.5, 0.6) is 0 Å². The van der Waals surface area contributed by atoms with Crippen LogP contribution in [0, 0.1) is 11.8 Å². The third-order valence-electron chi connectivity index (χ3n) is 2.06. The van der Waals surface area contributed by atoms with Gasteiger partial charge in [-0.25, -0.2) is 0 Å². The van der Waals surface area contributed by atoms with E-state index in [0.29, 0.717) is 0 Å². The molecule has 1 rings (SSSR count). The highest BCUT2D eigenvalue weighted by Gasteiger charge is 2.30. The predicted molar refractivity (Wildman–Crippen MR) is 59.4 cm³/mol. The number of carbonyl (C=O) groups is 1. The van der Waals surface area contributed by atoms with Gasteiger partial charge in [0.05, 0.1) is 12.7 Å². The Morgan fingerprint density at radius 2 is 2.11 bits per heavy atom. The molecule has 1 aromatic carbocycles. The lowest BCUT2D eigenvalue weighted by Gasteiger charge is -2.07. The van der Waals surface area contributed by atoms with Crippen molar-refractivity contribution in [1.29, 1.82) is 0 Å². The number of hydrogen-bond acceptors (Lipinski definition) is 3. The highest BCUT2D eigenvalue weighted by molar-refractivity contribution is 5.72. The largest absolute Gasteiger partial charge is 0.468 e.